The topological polar surface area (TPSA) is 38.1 Å². The summed E-state index contributed by atoms with van der Waals surface area (Å²) in [5.41, 5.74) is 0.785. The van der Waals surface area contributed by atoms with E-state index in [-0.39, 0.29) is 13.0 Å². The van der Waals surface area contributed by atoms with E-state index in [1.165, 1.54) is 0 Å². The maximum absolute atomic E-state index is 12.9. The van der Waals surface area contributed by atoms with Crippen LogP contribution >= 0.6 is 0 Å². The predicted molar refractivity (Wildman–Crippen MR) is 64.6 cm³/mol. The van der Waals surface area contributed by atoms with Gasteiger partial charge in [-0.25, -0.2) is 4.98 Å². The molecule has 0 radical (unpaired) electrons. The van der Waals surface area contributed by atoms with Gasteiger partial charge in [-0.05, 0) is 26.7 Å². The largest absolute Gasteiger partial charge is 0.444 e. The fraction of sp³-hybridized carbons (Fsp3) is 0.769. The first-order chi connectivity index (χ1) is 8.88. The minimum Gasteiger partial charge on any atom is -0.444 e. The summed E-state index contributed by atoms with van der Waals surface area (Å²) in [6.45, 7) is 3.87. The molecule has 3 nitrogen and oxygen atoms in total. The SMILES string of the molecule is Cc1nc(CNC2CCCCC2C(F)(F)F)oc1C. The summed E-state index contributed by atoms with van der Waals surface area (Å²) in [5.74, 6) is -0.0762. The van der Waals surface area contributed by atoms with E-state index in [1.54, 1.807) is 6.92 Å². The molecule has 1 N–H and O–H groups in total. The number of nitrogens with zero attached hydrogens (tertiary/aromatic N) is 1. The van der Waals surface area contributed by atoms with Crippen molar-refractivity contribution >= 4 is 0 Å². The molecule has 2 rings (SSSR count). The molecule has 0 saturated heterocycles. The maximum Gasteiger partial charge on any atom is 0.393 e. The Morgan fingerprint density at radius 2 is 1.95 bits per heavy atom. The van der Waals surface area contributed by atoms with Crippen LogP contribution in [0.3, 0.4) is 0 Å². The monoisotopic (exact) mass is 276 g/mol. The van der Waals surface area contributed by atoms with Crippen LogP contribution in [0.5, 0.6) is 0 Å². The predicted octanol–water partition coefficient (Wildman–Crippen LogP) is 3.50. The molecule has 0 spiro atoms. The summed E-state index contributed by atoms with van der Waals surface area (Å²) in [7, 11) is 0. The Hall–Kier alpha value is -1.04. The summed E-state index contributed by atoms with van der Waals surface area (Å²) in [6, 6.07) is -0.527. The van der Waals surface area contributed by atoms with Crippen molar-refractivity contribution in [2.45, 2.75) is 58.3 Å². The zero-order valence-corrected chi connectivity index (χ0v) is 11.2. The average Bonchev–Trinajstić information content (AvgIpc) is 2.65. The summed E-state index contributed by atoms with van der Waals surface area (Å²) >= 11 is 0. The van der Waals surface area contributed by atoms with Crippen molar-refractivity contribution in [2.75, 3.05) is 0 Å². The highest BCUT2D eigenvalue weighted by Gasteiger charge is 2.45. The number of hydrogen-bond donors (Lipinski definition) is 1. The zero-order chi connectivity index (χ0) is 14.0. The maximum atomic E-state index is 12.9. The standard InChI is InChI=1S/C13H19F3N2O/c1-8-9(2)19-12(18-8)7-17-11-6-4-3-5-10(11)13(14,15)16/h10-11,17H,3-7H2,1-2H3. The molecule has 1 aromatic heterocycles. The molecule has 0 amide bonds. The molecular weight excluding hydrogens is 257 g/mol. The normalized spacial score (nSPS) is 24.7. The van der Waals surface area contributed by atoms with Gasteiger partial charge in [0.2, 0.25) is 5.89 Å². The lowest BCUT2D eigenvalue weighted by Gasteiger charge is -2.33. The Labute approximate surface area is 110 Å². The quantitative estimate of drug-likeness (QED) is 0.918. The third kappa shape index (κ3) is 3.49. The van der Waals surface area contributed by atoms with Crippen LogP contribution in [0, 0.1) is 19.8 Å². The Morgan fingerprint density at radius 1 is 1.26 bits per heavy atom. The van der Waals surface area contributed by atoms with Crippen molar-refractivity contribution in [1.29, 1.82) is 0 Å². The Morgan fingerprint density at radius 3 is 2.53 bits per heavy atom. The highest BCUT2D eigenvalue weighted by atomic mass is 19.4. The Balaban J connectivity index is 1.96. The van der Waals surface area contributed by atoms with Crippen LogP contribution in [0.2, 0.25) is 0 Å². The van der Waals surface area contributed by atoms with Crippen LogP contribution in [0.15, 0.2) is 4.42 Å². The number of aryl methyl sites for hydroxylation is 2. The molecule has 108 valence electrons. The molecule has 6 heteroatoms. The number of aromatic nitrogens is 1. The first kappa shape index (κ1) is 14.4. The Bertz CT molecular complexity index is 409. The molecule has 1 aromatic rings. The van der Waals surface area contributed by atoms with Crippen LogP contribution in [-0.2, 0) is 6.54 Å². The van der Waals surface area contributed by atoms with Crippen LogP contribution in [-0.4, -0.2) is 17.2 Å². The van der Waals surface area contributed by atoms with Gasteiger partial charge in [0, 0.05) is 6.04 Å². The van der Waals surface area contributed by atoms with Crippen LogP contribution in [0.1, 0.15) is 43.0 Å². The van der Waals surface area contributed by atoms with Crippen LogP contribution < -0.4 is 5.32 Å². The molecule has 1 fully saturated rings. The molecule has 2 atom stereocenters. The summed E-state index contributed by atoms with van der Waals surface area (Å²) in [5, 5.41) is 2.96. The fourth-order valence-corrected chi connectivity index (χ4v) is 2.60. The van der Waals surface area contributed by atoms with Crippen molar-refractivity contribution in [1.82, 2.24) is 10.3 Å². The van der Waals surface area contributed by atoms with Crippen molar-refractivity contribution < 1.29 is 17.6 Å². The number of alkyl halides is 3. The van der Waals surface area contributed by atoms with Gasteiger partial charge in [0.25, 0.3) is 0 Å². The number of oxazole rings is 1. The smallest absolute Gasteiger partial charge is 0.393 e. The first-order valence-electron chi connectivity index (χ1n) is 6.61. The molecule has 0 bridgehead atoms. The average molecular weight is 276 g/mol. The van der Waals surface area contributed by atoms with Gasteiger partial charge in [-0.2, -0.15) is 13.2 Å². The lowest BCUT2D eigenvalue weighted by atomic mass is 9.84. The number of halogens is 3. The molecule has 19 heavy (non-hydrogen) atoms. The van der Waals surface area contributed by atoms with Crippen LogP contribution in [0.4, 0.5) is 13.2 Å². The minimum absolute atomic E-state index is 0.213. The van der Waals surface area contributed by atoms with Gasteiger partial charge in [-0.1, -0.05) is 12.8 Å². The third-order valence-corrected chi connectivity index (χ3v) is 3.77. The highest BCUT2D eigenvalue weighted by Crippen LogP contribution is 2.37. The van der Waals surface area contributed by atoms with E-state index in [4.69, 9.17) is 4.42 Å². The molecule has 1 aliphatic carbocycles. The van der Waals surface area contributed by atoms with Gasteiger partial charge in [0.1, 0.15) is 5.76 Å². The van der Waals surface area contributed by atoms with E-state index in [0.29, 0.717) is 24.5 Å². The van der Waals surface area contributed by atoms with Crippen molar-refractivity contribution in [3.8, 4) is 0 Å². The summed E-state index contributed by atoms with van der Waals surface area (Å²) in [4.78, 5) is 4.17. The van der Waals surface area contributed by atoms with Crippen molar-refractivity contribution in [2.24, 2.45) is 5.92 Å². The Kier molecular flexibility index (Phi) is 4.18. The second-order valence-corrected chi connectivity index (χ2v) is 5.17. The molecule has 2 unspecified atom stereocenters. The van der Waals surface area contributed by atoms with Gasteiger partial charge >= 0.3 is 6.18 Å². The molecule has 1 aliphatic rings. The van der Waals surface area contributed by atoms with E-state index >= 15 is 0 Å². The summed E-state index contributed by atoms with van der Waals surface area (Å²) in [6.07, 6.45) is -1.86. The van der Waals surface area contributed by atoms with E-state index in [9.17, 15) is 13.2 Å². The van der Waals surface area contributed by atoms with Crippen molar-refractivity contribution in [3.05, 3.63) is 17.3 Å². The van der Waals surface area contributed by atoms with Gasteiger partial charge in [-0.3, -0.25) is 0 Å². The second kappa shape index (κ2) is 5.53. The first-order valence-corrected chi connectivity index (χ1v) is 6.61. The highest BCUT2D eigenvalue weighted by molar-refractivity contribution is 5.05. The molecular formula is C13H19F3N2O. The van der Waals surface area contributed by atoms with E-state index in [2.05, 4.69) is 10.3 Å². The van der Waals surface area contributed by atoms with Gasteiger partial charge < -0.3 is 9.73 Å². The van der Waals surface area contributed by atoms with Crippen molar-refractivity contribution in [3.63, 3.8) is 0 Å². The number of nitrogens with one attached hydrogen (secondary N) is 1. The van der Waals surface area contributed by atoms with E-state index in [1.807, 2.05) is 6.92 Å². The number of rotatable bonds is 3. The molecule has 1 heterocycles. The minimum atomic E-state index is -4.12. The molecule has 0 aliphatic heterocycles. The lowest BCUT2D eigenvalue weighted by molar-refractivity contribution is -0.189. The second-order valence-electron chi connectivity index (χ2n) is 5.17. The van der Waals surface area contributed by atoms with Gasteiger partial charge in [-0.15, -0.1) is 0 Å². The fourth-order valence-electron chi connectivity index (χ4n) is 2.60. The third-order valence-electron chi connectivity index (χ3n) is 3.77. The molecule has 1 saturated carbocycles. The molecule has 0 aromatic carbocycles. The van der Waals surface area contributed by atoms with Gasteiger partial charge in [0.15, 0.2) is 0 Å². The summed E-state index contributed by atoms with van der Waals surface area (Å²) < 4.78 is 44.1. The van der Waals surface area contributed by atoms with E-state index in [0.717, 1.165) is 12.1 Å². The number of hydrogen-bond acceptors (Lipinski definition) is 3. The lowest BCUT2D eigenvalue weighted by Crippen LogP contribution is -2.45. The van der Waals surface area contributed by atoms with Gasteiger partial charge in [0.05, 0.1) is 18.2 Å². The van der Waals surface area contributed by atoms with Crippen LogP contribution in [0.25, 0.3) is 0 Å². The van der Waals surface area contributed by atoms with E-state index < -0.39 is 18.1 Å². The zero-order valence-electron chi connectivity index (χ0n) is 11.2.